The lowest BCUT2D eigenvalue weighted by Gasteiger charge is -2.14. The van der Waals surface area contributed by atoms with Crippen molar-refractivity contribution >= 4 is 78.8 Å². The molecule has 1 fully saturated rings. The summed E-state index contributed by atoms with van der Waals surface area (Å²) in [5.74, 6) is 1.44. The van der Waals surface area contributed by atoms with Gasteiger partial charge in [-0.3, -0.25) is 9.69 Å². The molecule has 0 spiro atoms. The zero-order valence-electron chi connectivity index (χ0n) is 17.6. The summed E-state index contributed by atoms with van der Waals surface area (Å²) >= 11 is 12.7. The molecule has 8 heteroatoms. The molecule has 1 aliphatic heterocycles. The van der Waals surface area contributed by atoms with Crippen LogP contribution in [0.3, 0.4) is 0 Å². The van der Waals surface area contributed by atoms with Crippen LogP contribution in [0.4, 0.5) is 0 Å². The summed E-state index contributed by atoms with van der Waals surface area (Å²) in [5, 5.41) is 0. The number of carbonyl (C=O) groups excluding carboxylic acids is 1. The zero-order valence-corrected chi connectivity index (χ0v) is 23.0. The Morgan fingerprint density at radius 3 is 2.42 bits per heavy atom. The Kier molecular flexibility index (Phi) is 8.11. The maximum Gasteiger partial charge on any atom is 0.266 e. The molecular formula is C25H19BrINO3S2. The van der Waals surface area contributed by atoms with Crippen LogP contribution in [0.15, 0.2) is 76.1 Å². The van der Waals surface area contributed by atoms with Gasteiger partial charge >= 0.3 is 0 Å². The van der Waals surface area contributed by atoms with Gasteiger partial charge in [0, 0.05) is 3.57 Å². The van der Waals surface area contributed by atoms with Crippen molar-refractivity contribution in [1.29, 1.82) is 0 Å². The average Bonchev–Trinajstić information content (AvgIpc) is 3.07. The van der Waals surface area contributed by atoms with E-state index < -0.39 is 0 Å². The Labute approximate surface area is 224 Å². The van der Waals surface area contributed by atoms with Gasteiger partial charge in [0.25, 0.3) is 5.91 Å². The molecule has 0 radical (unpaired) electrons. The third-order valence-electron chi connectivity index (χ3n) is 4.93. The summed E-state index contributed by atoms with van der Waals surface area (Å²) < 4.78 is 13.7. The standard InChI is InChI=1S/C25H19BrINO3S2/c1-30-20-9-4-16(5-10-20)14-28-24(29)23(33-25(28)32)13-18-6-11-22(21(26)12-18)31-15-17-2-7-19(27)8-3-17/h2-13H,14-15H2,1H3. The highest BCUT2D eigenvalue weighted by Crippen LogP contribution is 2.35. The van der Waals surface area contributed by atoms with Crippen LogP contribution >= 0.6 is 62.5 Å². The van der Waals surface area contributed by atoms with Crippen LogP contribution < -0.4 is 9.47 Å². The van der Waals surface area contributed by atoms with Gasteiger partial charge in [0.15, 0.2) is 0 Å². The Morgan fingerprint density at radius 2 is 1.76 bits per heavy atom. The van der Waals surface area contributed by atoms with Gasteiger partial charge in [0.1, 0.15) is 22.4 Å². The molecule has 1 amide bonds. The molecule has 4 nitrogen and oxygen atoms in total. The quantitative estimate of drug-likeness (QED) is 0.156. The van der Waals surface area contributed by atoms with Crippen molar-refractivity contribution < 1.29 is 14.3 Å². The van der Waals surface area contributed by atoms with Crippen molar-refractivity contribution in [3.05, 3.63) is 96.4 Å². The van der Waals surface area contributed by atoms with Crippen LogP contribution in [0, 0.1) is 3.57 Å². The second kappa shape index (κ2) is 11.0. The van der Waals surface area contributed by atoms with Gasteiger partial charge in [-0.2, -0.15) is 0 Å². The van der Waals surface area contributed by atoms with E-state index in [-0.39, 0.29) is 5.91 Å². The van der Waals surface area contributed by atoms with Crippen LogP contribution in [0.25, 0.3) is 6.08 Å². The number of nitrogens with zero attached hydrogens (tertiary/aromatic N) is 1. The lowest BCUT2D eigenvalue weighted by atomic mass is 10.2. The van der Waals surface area contributed by atoms with Gasteiger partial charge in [-0.1, -0.05) is 54.3 Å². The average molecular weight is 652 g/mol. The highest BCUT2D eigenvalue weighted by atomic mass is 127. The van der Waals surface area contributed by atoms with E-state index in [1.807, 2.05) is 48.5 Å². The van der Waals surface area contributed by atoms with Gasteiger partial charge in [-0.05, 0) is 97.7 Å². The predicted molar refractivity (Wildman–Crippen MR) is 149 cm³/mol. The number of benzene rings is 3. The number of hydrogen-bond donors (Lipinski definition) is 0. The molecule has 1 saturated heterocycles. The molecule has 0 saturated carbocycles. The minimum absolute atomic E-state index is 0.0871. The first-order chi connectivity index (χ1) is 15.9. The molecule has 0 aliphatic carbocycles. The second-order valence-corrected chi connectivity index (χ2v) is 11.0. The number of halogens is 2. The predicted octanol–water partition coefficient (Wildman–Crippen LogP) is 7.04. The van der Waals surface area contributed by atoms with E-state index in [0.717, 1.165) is 32.7 Å². The number of amides is 1. The monoisotopic (exact) mass is 651 g/mol. The van der Waals surface area contributed by atoms with Crippen LogP contribution in [0.1, 0.15) is 16.7 Å². The van der Waals surface area contributed by atoms with Gasteiger partial charge in [0.2, 0.25) is 0 Å². The minimum atomic E-state index is -0.0871. The summed E-state index contributed by atoms with van der Waals surface area (Å²) in [5.41, 5.74) is 2.99. The fourth-order valence-electron chi connectivity index (χ4n) is 3.17. The van der Waals surface area contributed by atoms with Gasteiger partial charge in [-0.15, -0.1) is 0 Å². The summed E-state index contributed by atoms with van der Waals surface area (Å²) in [4.78, 5) is 15.2. The lowest BCUT2D eigenvalue weighted by Crippen LogP contribution is -2.27. The minimum Gasteiger partial charge on any atom is -0.497 e. The molecule has 0 aromatic heterocycles. The SMILES string of the molecule is COc1ccc(CN2C(=O)C(=Cc3ccc(OCc4ccc(I)cc4)c(Br)c3)SC2=S)cc1. The summed E-state index contributed by atoms with van der Waals surface area (Å²) in [6.07, 6.45) is 1.86. The fraction of sp³-hybridized carbons (Fsp3) is 0.120. The Balaban J connectivity index is 1.43. The largest absolute Gasteiger partial charge is 0.497 e. The summed E-state index contributed by atoms with van der Waals surface area (Å²) in [6, 6.07) is 21.6. The topological polar surface area (TPSA) is 38.8 Å². The Hall–Kier alpha value is -1.88. The third kappa shape index (κ3) is 6.17. The number of hydrogen-bond acceptors (Lipinski definition) is 5. The van der Waals surface area contributed by atoms with E-state index >= 15 is 0 Å². The number of ether oxygens (including phenoxy) is 2. The van der Waals surface area contributed by atoms with E-state index in [1.165, 1.54) is 15.3 Å². The van der Waals surface area contributed by atoms with Crippen molar-refractivity contribution in [2.24, 2.45) is 0 Å². The molecular weight excluding hydrogens is 633 g/mol. The van der Waals surface area contributed by atoms with Crippen molar-refractivity contribution in [1.82, 2.24) is 4.90 Å². The van der Waals surface area contributed by atoms with E-state index in [2.05, 4.69) is 62.8 Å². The van der Waals surface area contributed by atoms with Gasteiger partial charge < -0.3 is 9.47 Å². The number of carbonyl (C=O) groups is 1. The van der Waals surface area contributed by atoms with Crippen LogP contribution in [-0.4, -0.2) is 22.2 Å². The normalized spacial score (nSPS) is 14.8. The van der Waals surface area contributed by atoms with E-state index in [4.69, 9.17) is 21.7 Å². The maximum absolute atomic E-state index is 13.0. The van der Waals surface area contributed by atoms with E-state index in [1.54, 1.807) is 12.0 Å². The molecule has 168 valence electrons. The van der Waals surface area contributed by atoms with Crippen LogP contribution in [0.5, 0.6) is 11.5 Å². The molecule has 0 bridgehead atoms. The van der Waals surface area contributed by atoms with Crippen molar-refractivity contribution in [2.45, 2.75) is 13.2 Å². The fourth-order valence-corrected chi connectivity index (χ4v) is 5.29. The summed E-state index contributed by atoms with van der Waals surface area (Å²) in [6.45, 7) is 0.917. The number of methoxy groups -OCH3 is 1. The van der Waals surface area contributed by atoms with E-state index in [9.17, 15) is 4.79 Å². The lowest BCUT2D eigenvalue weighted by molar-refractivity contribution is -0.122. The van der Waals surface area contributed by atoms with Crippen molar-refractivity contribution in [3.63, 3.8) is 0 Å². The first-order valence-electron chi connectivity index (χ1n) is 9.98. The smallest absolute Gasteiger partial charge is 0.266 e. The van der Waals surface area contributed by atoms with E-state index in [0.29, 0.717) is 22.4 Å². The zero-order chi connectivity index (χ0) is 23.4. The molecule has 0 atom stereocenters. The van der Waals surface area contributed by atoms with Crippen LogP contribution in [0.2, 0.25) is 0 Å². The first-order valence-corrected chi connectivity index (χ1v) is 13.1. The number of thiocarbonyl (C=S) groups is 1. The molecule has 0 unspecified atom stereocenters. The molecule has 1 heterocycles. The molecule has 33 heavy (non-hydrogen) atoms. The molecule has 3 aromatic rings. The first kappa shape index (κ1) is 24.3. The highest BCUT2D eigenvalue weighted by Gasteiger charge is 2.32. The number of thioether (sulfide) groups is 1. The maximum atomic E-state index is 13.0. The molecule has 1 aliphatic rings. The third-order valence-corrected chi connectivity index (χ3v) is 7.65. The van der Waals surface area contributed by atoms with Crippen LogP contribution in [-0.2, 0) is 17.9 Å². The molecule has 3 aromatic carbocycles. The van der Waals surface area contributed by atoms with Crippen molar-refractivity contribution in [2.75, 3.05) is 7.11 Å². The Bertz CT molecular complexity index is 1210. The highest BCUT2D eigenvalue weighted by molar-refractivity contribution is 14.1. The second-order valence-electron chi connectivity index (χ2n) is 7.22. The molecule has 0 N–H and O–H groups in total. The number of rotatable bonds is 7. The van der Waals surface area contributed by atoms with Gasteiger partial charge in [0.05, 0.1) is 23.0 Å². The Morgan fingerprint density at radius 1 is 1.06 bits per heavy atom. The molecule has 4 rings (SSSR count). The van der Waals surface area contributed by atoms with Crippen molar-refractivity contribution in [3.8, 4) is 11.5 Å². The summed E-state index contributed by atoms with van der Waals surface area (Å²) in [7, 11) is 1.63. The van der Waals surface area contributed by atoms with Gasteiger partial charge in [-0.25, -0.2) is 0 Å².